The molecule has 0 aromatic carbocycles. The van der Waals surface area contributed by atoms with Gasteiger partial charge in [-0.25, -0.2) is 9.13 Å². The molecule has 0 saturated heterocycles. The first kappa shape index (κ1) is 94.1. The number of aliphatic hydroxyl groups is 1. The number of carbonyl (C=O) groups excluding carboxylic acids is 4. The number of rotatable bonds is 74. The standard InChI is InChI=1S/C77H150O17P2/c1-9-69(7)55-47-39-31-24-21-22-26-34-44-52-60-77(82)93-72(63-87-74(79)57-49-41-32-28-27-30-38-46-54-68(5)6)65-91-95(83,84)89-61-71(78)62-90-96(85,86)92-66-73(64-88-75(80)58-50-42-36-35-40-48-56-70(8)10-2)94-76(81)59-51-43-33-25-20-18-16-14-12-11-13-15-17-19-23-29-37-45-53-67(3)4/h67-73,78H,9-66H2,1-8H3,(H,83,84)(H,85,86)/t69?,70?,71?,72-,73-/m1/s1. The number of carbonyl (C=O) groups is 4. The van der Waals surface area contributed by atoms with Crippen LogP contribution in [0, 0.1) is 23.7 Å². The Morgan fingerprint density at radius 3 is 0.740 bits per heavy atom. The van der Waals surface area contributed by atoms with E-state index < -0.39 is 97.5 Å². The van der Waals surface area contributed by atoms with Gasteiger partial charge in [0.1, 0.15) is 19.3 Å². The smallest absolute Gasteiger partial charge is 0.462 e. The summed E-state index contributed by atoms with van der Waals surface area (Å²) in [6.07, 6.45) is 51.4. The molecule has 0 spiro atoms. The summed E-state index contributed by atoms with van der Waals surface area (Å²) in [7, 11) is -9.91. The zero-order valence-electron chi connectivity index (χ0n) is 63.0. The van der Waals surface area contributed by atoms with Gasteiger partial charge in [-0.1, -0.05) is 338 Å². The second-order valence-electron chi connectivity index (χ2n) is 29.2. The molecule has 0 aromatic rings. The molecule has 0 bridgehead atoms. The summed E-state index contributed by atoms with van der Waals surface area (Å²) in [4.78, 5) is 72.8. The summed E-state index contributed by atoms with van der Waals surface area (Å²) in [5, 5.41) is 10.6. The Bertz CT molecular complexity index is 1890. The molecular weight excluding hydrogens is 1260 g/mol. The van der Waals surface area contributed by atoms with Gasteiger partial charge in [0.2, 0.25) is 0 Å². The molecule has 0 aliphatic rings. The number of ether oxygens (including phenoxy) is 4. The Morgan fingerprint density at radius 2 is 0.500 bits per heavy atom. The normalized spacial score (nSPS) is 14.7. The van der Waals surface area contributed by atoms with E-state index >= 15 is 0 Å². The molecule has 0 fully saturated rings. The van der Waals surface area contributed by atoms with Crippen molar-refractivity contribution in [2.24, 2.45) is 23.7 Å². The first-order valence-electron chi connectivity index (χ1n) is 39.8. The van der Waals surface area contributed by atoms with Crippen LogP contribution in [0.5, 0.6) is 0 Å². The lowest BCUT2D eigenvalue weighted by atomic mass is 9.99. The Labute approximate surface area is 588 Å². The van der Waals surface area contributed by atoms with Crippen molar-refractivity contribution in [2.75, 3.05) is 39.6 Å². The predicted octanol–water partition coefficient (Wildman–Crippen LogP) is 22.4. The van der Waals surface area contributed by atoms with Crippen LogP contribution in [0.3, 0.4) is 0 Å². The molecule has 0 amide bonds. The molecule has 0 rings (SSSR count). The summed E-state index contributed by atoms with van der Waals surface area (Å²) >= 11 is 0. The Kier molecular flexibility index (Phi) is 65.0. The lowest BCUT2D eigenvalue weighted by Crippen LogP contribution is -2.30. The summed E-state index contributed by atoms with van der Waals surface area (Å²) in [5.74, 6) is 0.958. The van der Waals surface area contributed by atoms with Crippen molar-refractivity contribution in [1.82, 2.24) is 0 Å². The third-order valence-corrected chi connectivity index (χ3v) is 20.4. The van der Waals surface area contributed by atoms with Crippen LogP contribution in [0.4, 0.5) is 0 Å². The molecule has 0 saturated carbocycles. The minimum absolute atomic E-state index is 0.105. The van der Waals surface area contributed by atoms with Crippen LogP contribution in [0.2, 0.25) is 0 Å². The van der Waals surface area contributed by atoms with Crippen LogP contribution >= 0.6 is 15.6 Å². The zero-order valence-corrected chi connectivity index (χ0v) is 64.8. The van der Waals surface area contributed by atoms with Gasteiger partial charge < -0.3 is 33.8 Å². The first-order valence-corrected chi connectivity index (χ1v) is 42.8. The lowest BCUT2D eigenvalue weighted by Gasteiger charge is -2.21. The van der Waals surface area contributed by atoms with Crippen molar-refractivity contribution < 1.29 is 80.2 Å². The molecule has 17 nitrogen and oxygen atoms in total. The summed E-state index contributed by atoms with van der Waals surface area (Å²) in [6, 6.07) is 0. The van der Waals surface area contributed by atoms with Gasteiger partial charge in [-0.3, -0.25) is 37.3 Å². The van der Waals surface area contributed by atoms with Crippen LogP contribution in [-0.4, -0.2) is 96.7 Å². The van der Waals surface area contributed by atoms with E-state index in [9.17, 15) is 43.2 Å². The van der Waals surface area contributed by atoms with Crippen LogP contribution in [0.15, 0.2) is 0 Å². The van der Waals surface area contributed by atoms with Crippen LogP contribution in [0.1, 0.15) is 389 Å². The monoisotopic (exact) mass is 1410 g/mol. The van der Waals surface area contributed by atoms with Crippen molar-refractivity contribution >= 4 is 39.5 Å². The second-order valence-corrected chi connectivity index (χ2v) is 32.1. The third kappa shape index (κ3) is 67.9. The van der Waals surface area contributed by atoms with Gasteiger partial charge in [-0.15, -0.1) is 0 Å². The van der Waals surface area contributed by atoms with E-state index in [0.717, 1.165) is 120 Å². The van der Waals surface area contributed by atoms with Crippen LogP contribution in [-0.2, 0) is 65.4 Å². The van der Waals surface area contributed by atoms with E-state index in [1.54, 1.807) is 0 Å². The highest BCUT2D eigenvalue weighted by molar-refractivity contribution is 7.47. The van der Waals surface area contributed by atoms with E-state index in [0.29, 0.717) is 25.7 Å². The highest BCUT2D eigenvalue weighted by atomic mass is 31.2. The predicted molar refractivity (Wildman–Crippen MR) is 391 cm³/mol. The average Bonchev–Trinajstić information content (AvgIpc) is 1.70. The highest BCUT2D eigenvalue weighted by Crippen LogP contribution is 2.45. The van der Waals surface area contributed by atoms with E-state index in [-0.39, 0.29) is 25.7 Å². The molecule has 0 aromatic heterocycles. The molecule has 0 aliphatic heterocycles. The summed E-state index contributed by atoms with van der Waals surface area (Å²) < 4.78 is 68.5. The van der Waals surface area contributed by atoms with Crippen LogP contribution < -0.4 is 0 Å². The maximum Gasteiger partial charge on any atom is 0.472 e. The molecule has 0 radical (unpaired) electrons. The van der Waals surface area contributed by atoms with Gasteiger partial charge in [-0.2, -0.15) is 0 Å². The average molecular weight is 1410 g/mol. The molecule has 570 valence electrons. The van der Waals surface area contributed by atoms with Gasteiger partial charge in [0, 0.05) is 25.7 Å². The second kappa shape index (κ2) is 66.3. The molecule has 0 heterocycles. The van der Waals surface area contributed by atoms with E-state index in [4.69, 9.17) is 37.0 Å². The maximum atomic E-state index is 13.1. The number of phosphoric ester groups is 2. The number of esters is 4. The first-order chi connectivity index (χ1) is 46.2. The Morgan fingerprint density at radius 1 is 0.292 bits per heavy atom. The minimum Gasteiger partial charge on any atom is -0.462 e. The summed E-state index contributed by atoms with van der Waals surface area (Å²) in [5.41, 5.74) is 0. The minimum atomic E-state index is -4.96. The lowest BCUT2D eigenvalue weighted by molar-refractivity contribution is -0.161. The van der Waals surface area contributed by atoms with Gasteiger partial charge in [0.25, 0.3) is 0 Å². The Hall–Kier alpha value is -1.94. The van der Waals surface area contributed by atoms with Crippen molar-refractivity contribution in [3.63, 3.8) is 0 Å². The van der Waals surface area contributed by atoms with Gasteiger partial charge >= 0.3 is 39.5 Å². The SMILES string of the molecule is CCC(C)CCCCCCCCCCCCC(=O)O[C@H](COC(=O)CCCCCCCCCCC(C)C)COP(=O)(O)OCC(O)COP(=O)(O)OC[C@@H](COC(=O)CCCCCCCCC(C)CC)OC(=O)CCCCCCCCCCCCCCCCCCCCC(C)C. The van der Waals surface area contributed by atoms with E-state index in [1.165, 1.54) is 186 Å². The molecule has 7 atom stereocenters. The molecule has 96 heavy (non-hydrogen) atoms. The number of hydrogen-bond acceptors (Lipinski definition) is 15. The maximum absolute atomic E-state index is 13.1. The number of aliphatic hydroxyl groups excluding tert-OH is 1. The van der Waals surface area contributed by atoms with Gasteiger partial charge in [0.05, 0.1) is 26.4 Å². The largest absolute Gasteiger partial charge is 0.472 e. The van der Waals surface area contributed by atoms with Gasteiger partial charge in [-0.05, 0) is 49.4 Å². The third-order valence-electron chi connectivity index (χ3n) is 18.5. The fourth-order valence-electron chi connectivity index (χ4n) is 11.7. The van der Waals surface area contributed by atoms with Gasteiger partial charge in [0.15, 0.2) is 12.2 Å². The summed E-state index contributed by atoms with van der Waals surface area (Å²) in [6.45, 7) is 14.2. The van der Waals surface area contributed by atoms with Crippen molar-refractivity contribution in [3.8, 4) is 0 Å². The number of unbranched alkanes of at least 4 members (excludes halogenated alkanes) is 38. The van der Waals surface area contributed by atoms with Crippen LogP contribution in [0.25, 0.3) is 0 Å². The van der Waals surface area contributed by atoms with E-state index in [2.05, 4.69) is 55.4 Å². The van der Waals surface area contributed by atoms with Crippen molar-refractivity contribution in [1.29, 1.82) is 0 Å². The number of hydrogen-bond donors (Lipinski definition) is 3. The quantitative estimate of drug-likeness (QED) is 0.0222. The fourth-order valence-corrected chi connectivity index (χ4v) is 13.2. The van der Waals surface area contributed by atoms with Crippen molar-refractivity contribution in [3.05, 3.63) is 0 Å². The van der Waals surface area contributed by atoms with E-state index in [1.807, 2.05) is 0 Å². The topological polar surface area (TPSA) is 237 Å². The number of phosphoric acid groups is 2. The molecule has 5 unspecified atom stereocenters. The zero-order chi connectivity index (χ0) is 71.0. The Balaban J connectivity index is 5.20. The molecule has 19 heteroatoms. The fraction of sp³-hybridized carbons (Fsp3) is 0.948. The highest BCUT2D eigenvalue weighted by Gasteiger charge is 2.30. The molecular formula is C77H150O17P2. The molecule has 3 N–H and O–H groups in total. The van der Waals surface area contributed by atoms with Crippen molar-refractivity contribution in [2.45, 2.75) is 408 Å². The molecule has 0 aliphatic carbocycles.